The Kier molecular flexibility index (Phi) is 7.34. The molecule has 0 amide bonds. The molecular formula is C20H33BrN2O4Si. The van der Waals surface area contributed by atoms with Gasteiger partial charge in [0, 0.05) is 12.8 Å². The van der Waals surface area contributed by atoms with Crippen LogP contribution in [0.5, 0.6) is 0 Å². The molecule has 8 heteroatoms. The zero-order valence-corrected chi connectivity index (χ0v) is 20.3. The molecule has 1 aromatic rings. The van der Waals surface area contributed by atoms with Gasteiger partial charge in [-0.3, -0.25) is 14.3 Å². The largest absolute Gasteiger partial charge is 0.417 e. The standard InChI is InChI=1S/C20H33BrN2O4Si/c1-13(2)20(3,4)28(5,6)27-8-7-14-9-16(10-15(14)12-24)23-11-17(21)18(25)22-19(23)26/h10-11,13-14,16,24H,7-9,12H2,1-6H3,(H,22,25,26)/t14-,16+/m1/s1. The topological polar surface area (TPSA) is 84.3 Å². The summed E-state index contributed by atoms with van der Waals surface area (Å²) in [6.07, 6.45) is 4.99. The van der Waals surface area contributed by atoms with Gasteiger partial charge in [-0.25, -0.2) is 4.79 Å². The van der Waals surface area contributed by atoms with Crippen molar-refractivity contribution in [3.05, 3.63) is 43.2 Å². The first-order chi connectivity index (χ1) is 12.9. The average molecular weight is 473 g/mol. The fraction of sp³-hybridized carbons (Fsp3) is 0.700. The predicted octanol–water partition coefficient (Wildman–Crippen LogP) is 3.83. The van der Waals surface area contributed by atoms with Gasteiger partial charge in [0.25, 0.3) is 5.56 Å². The van der Waals surface area contributed by atoms with Gasteiger partial charge in [-0.1, -0.05) is 33.8 Å². The number of hydrogen-bond donors (Lipinski definition) is 2. The zero-order chi connectivity index (χ0) is 21.3. The number of aromatic amines is 1. The van der Waals surface area contributed by atoms with Crippen molar-refractivity contribution in [3.63, 3.8) is 0 Å². The number of hydrogen-bond acceptors (Lipinski definition) is 4. The molecule has 0 saturated heterocycles. The Balaban J connectivity index is 2.07. The molecule has 0 aliphatic heterocycles. The molecule has 0 saturated carbocycles. The lowest BCUT2D eigenvalue weighted by Crippen LogP contribution is -2.45. The summed E-state index contributed by atoms with van der Waals surface area (Å²) < 4.78 is 8.25. The Hall–Kier alpha value is -0.963. The molecule has 1 aliphatic carbocycles. The number of rotatable bonds is 8. The van der Waals surface area contributed by atoms with Gasteiger partial charge in [0.05, 0.1) is 17.1 Å². The lowest BCUT2D eigenvalue weighted by molar-refractivity contribution is 0.237. The predicted molar refractivity (Wildman–Crippen MR) is 118 cm³/mol. The SMILES string of the molecule is CC(C)C(C)(C)[Si](C)(C)OCC[C@@H]1C[C@H](n2cc(Br)c(=O)[nH]c2=O)C=C1CO. The highest BCUT2D eigenvalue weighted by molar-refractivity contribution is 9.10. The summed E-state index contributed by atoms with van der Waals surface area (Å²) in [4.78, 5) is 26.1. The molecule has 0 bridgehead atoms. The van der Waals surface area contributed by atoms with Crippen LogP contribution in [0.4, 0.5) is 0 Å². The fourth-order valence-corrected chi connectivity index (χ4v) is 6.33. The van der Waals surface area contributed by atoms with Crippen molar-refractivity contribution in [2.24, 2.45) is 11.8 Å². The van der Waals surface area contributed by atoms with E-state index in [1.54, 1.807) is 0 Å². The number of aliphatic hydroxyl groups is 1. The van der Waals surface area contributed by atoms with Crippen LogP contribution in [0.15, 0.2) is 31.9 Å². The van der Waals surface area contributed by atoms with E-state index < -0.39 is 19.6 Å². The molecule has 0 spiro atoms. The quantitative estimate of drug-likeness (QED) is 0.444. The molecule has 2 N–H and O–H groups in total. The van der Waals surface area contributed by atoms with Crippen molar-refractivity contribution in [1.82, 2.24) is 9.55 Å². The zero-order valence-electron chi connectivity index (χ0n) is 17.7. The van der Waals surface area contributed by atoms with Crippen LogP contribution in [0.3, 0.4) is 0 Å². The Bertz CT molecular complexity index is 841. The second-order valence-corrected chi connectivity index (χ2v) is 14.5. The van der Waals surface area contributed by atoms with Gasteiger partial charge in [0.1, 0.15) is 0 Å². The molecule has 1 heterocycles. The summed E-state index contributed by atoms with van der Waals surface area (Å²) >= 11 is 3.18. The summed E-state index contributed by atoms with van der Waals surface area (Å²) in [5.41, 5.74) is 0.0665. The number of nitrogens with zero attached hydrogens (tertiary/aromatic N) is 1. The average Bonchev–Trinajstić information content (AvgIpc) is 3.00. The molecule has 2 rings (SSSR count). The molecular weight excluding hydrogens is 440 g/mol. The first kappa shape index (κ1) is 23.3. The van der Waals surface area contributed by atoms with Crippen LogP contribution < -0.4 is 11.2 Å². The first-order valence-electron chi connectivity index (χ1n) is 9.87. The minimum absolute atomic E-state index is 0.0290. The van der Waals surface area contributed by atoms with E-state index in [1.807, 2.05) is 6.08 Å². The van der Waals surface area contributed by atoms with Gasteiger partial charge < -0.3 is 9.53 Å². The van der Waals surface area contributed by atoms with Gasteiger partial charge in [-0.2, -0.15) is 0 Å². The van der Waals surface area contributed by atoms with Crippen LogP contribution in [0.25, 0.3) is 0 Å². The van der Waals surface area contributed by atoms with Crippen LogP contribution in [-0.2, 0) is 4.43 Å². The molecule has 0 aromatic carbocycles. The number of allylic oxidation sites excluding steroid dienone is 1. The number of aliphatic hydroxyl groups excluding tert-OH is 1. The Morgan fingerprint density at radius 2 is 2.04 bits per heavy atom. The normalized spacial score (nSPS) is 20.7. The van der Waals surface area contributed by atoms with Crippen molar-refractivity contribution in [1.29, 1.82) is 0 Å². The van der Waals surface area contributed by atoms with Crippen LogP contribution in [-0.4, -0.2) is 36.2 Å². The highest BCUT2D eigenvalue weighted by Gasteiger charge is 2.43. The van der Waals surface area contributed by atoms with Crippen molar-refractivity contribution in [3.8, 4) is 0 Å². The third-order valence-corrected chi connectivity index (χ3v) is 12.0. The summed E-state index contributed by atoms with van der Waals surface area (Å²) in [6.45, 7) is 14.2. The maximum atomic E-state index is 12.2. The monoisotopic (exact) mass is 472 g/mol. The minimum atomic E-state index is -1.88. The van der Waals surface area contributed by atoms with Crippen LogP contribution in [0.2, 0.25) is 18.1 Å². The van der Waals surface area contributed by atoms with E-state index >= 15 is 0 Å². The van der Waals surface area contributed by atoms with Crippen LogP contribution in [0.1, 0.15) is 46.6 Å². The molecule has 2 atom stereocenters. The molecule has 28 heavy (non-hydrogen) atoms. The van der Waals surface area contributed by atoms with Gasteiger partial charge in [0.2, 0.25) is 0 Å². The van der Waals surface area contributed by atoms with Crippen molar-refractivity contribution >= 4 is 24.2 Å². The van der Waals surface area contributed by atoms with E-state index in [0.717, 1.165) is 12.0 Å². The number of halogens is 1. The second-order valence-electron chi connectivity index (χ2n) is 9.07. The van der Waals surface area contributed by atoms with E-state index in [-0.39, 0.29) is 23.6 Å². The highest BCUT2D eigenvalue weighted by Crippen LogP contribution is 2.45. The van der Waals surface area contributed by atoms with Crippen molar-refractivity contribution < 1.29 is 9.53 Å². The minimum Gasteiger partial charge on any atom is -0.417 e. The molecule has 6 nitrogen and oxygen atoms in total. The van der Waals surface area contributed by atoms with E-state index in [0.29, 0.717) is 23.4 Å². The summed E-state index contributed by atoms with van der Waals surface area (Å²) in [7, 11) is -1.88. The highest BCUT2D eigenvalue weighted by atomic mass is 79.9. The lowest BCUT2D eigenvalue weighted by Gasteiger charge is -2.42. The number of H-pyrrole nitrogens is 1. The summed E-state index contributed by atoms with van der Waals surface area (Å²) in [6, 6.07) is -0.176. The summed E-state index contributed by atoms with van der Waals surface area (Å²) in [5.74, 6) is 0.711. The Morgan fingerprint density at radius 3 is 2.61 bits per heavy atom. The fourth-order valence-electron chi connectivity index (χ4n) is 3.62. The Morgan fingerprint density at radius 1 is 1.39 bits per heavy atom. The van der Waals surface area contributed by atoms with E-state index in [4.69, 9.17) is 4.43 Å². The lowest BCUT2D eigenvalue weighted by atomic mass is 9.98. The maximum Gasteiger partial charge on any atom is 0.328 e. The molecule has 1 aliphatic rings. The van der Waals surface area contributed by atoms with E-state index in [9.17, 15) is 14.7 Å². The Labute approximate surface area is 176 Å². The van der Waals surface area contributed by atoms with E-state index in [2.05, 4.69) is 61.7 Å². The molecule has 0 radical (unpaired) electrons. The van der Waals surface area contributed by atoms with Gasteiger partial charge in [-0.15, -0.1) is 0 Å². The number of aromatic nitrogens is 2. The van der Waals surface area contributed by atoms with Crippen LogP contribution in [0, 0.1) is 11.8 Å². The van der Waals surface area contributed by atoms with Crippen molar-refractivity contribution in [2.75, 3.05) is 13.2 Å². The maximum absolute atomic E-state index is 12.2. The van der Waals surface area contributed by atoms with Crippen molar-refractivity contribution in [2.45, 2.75) is 64.7 Å². The van der Waals surface area contributed by atoms with E-state index in [1.165, 1.54) is 10.8 Å². The molecule has 0 fully saturated rings. The molecule has 1 aromatic heterocycles. The van der Waals surface area contributed by atoms with Gasteiger partial charge >= 0.3 is 5.69 Å². The third-order valence-electron chi connectivity index (χ3n) is 6.85. The number of nitrogens with one attached hydrogen (secondary N) is 1. The third kappa shape index (κ3) is 4.78. The van der Waals surface area contributed by atoms with Gasteiger partial charge in [-0.05, 0) is 64.3 Å². The van der Waals surface area contributed by atoms with Crippen LogP contribution >= 0.6 is 15.9 Å². The van der Waals surface area contributed by atoms with Gasteiger partial charge in [0.15, 0.2) is 8.32 Å². The smallest absolute Gasteiger partial charge is 0.328 e. The second kappa shape index (κ2) is 8.81. The molecule has 0 unspecified atom stereocenters. The summed E-state index contributed by atoms with van der Waals surface area (Å²) in [5, 5.41) is 9.94. The first-order valence-corrected chi connectivity index (χ1v) is 13.6. The molecule has 158 valence electrons.